The van der Waals surface area contributed by atoms with Crippen molar-refractivity contribution < 1.29 is 4.74 Å². The molecule has 1 N–H and O–H groups in total. The number of rotatable bonds is 4. The highest BCUT2D eigenvalue weighted by molar-refractivity contribution is 5.52. The topological polar surface area (TPSA) is 24.5 Å². The average molecular weight is 260 g/mol. The summed E-state index contributed by atoms with van der Waals surface area (Å²) in [6.45, 7) is 7.26. The van der Waals surface area contributed by atoms with Crippen molar-refractivity contribution in [1.29, 1.82) is 0 Å². The van der Waals surface area contributed by atoms with Gasteiger partial charge in [0.2, 0.25) is 0 Å². The summed E-state index contributed by atoms with van der Waals surface area (Å²) < 4.78 is 5.62. The molecule has 1 aliphatic heterocycles. The fourth-order valence-corrected chi connectivity index (χ4v) is 2.98. The summed E-state index contributed by atoms with van der Waals surface area (Å²) in [5.41, 5.74) is 1.30. The van der Waals surface area contributed by atoms with Crippen LogP contribution in [-0.4, -0.2) is 31.8 Å². The summed E-state index contributed by atoms with van der Waals surface area (Å²) in [6, 6.07) is 9.74. The molecule has 1 saturated heterocycles. The number of nitrogens with zero attached hydrogens (tertiary/aromatic N) is 1. The van der Waals surface area contributed by atoms with Gasteiger partial charge in [0, 0.05) is 36.9 Å². The van der Waals surface area contributed by atoms with Crippen molar-refractivity contribution in [2.75, 3.05) is 24.6 Å². The van der Waals surface area contributed by atoms with Crippen molar-refractivity contribution in [2.45, 2.75) is 38.8 Å². The van der Waals surface area contributed by atoms with Crippen LogP contribution in [-0.2, 0) is 0 Å². The van der Waals surface area contributed by atoms with Crippen LogP contribution in [0.25, 0.3) is 0 Å². The number of hydrogen-bond donors (Lipinski definition) is 1. The molecule has 2 fully saturated rings. The van der Waals surface area contributed by atoms with Gasteiger partial charge in [-0.25, -0.2) is 0 Å². The minimum absolute atomic E-state index is 0.548. The minimum atomic E-state index is 0.548. The maximum Gasteiger partial charge on any atom is 0.121 e. The number of piperazine rings is 1. The van der Waals surface area contributed by atoms with E-state index in [9.17, 15) is 0 Å². The van der Waals surface area contributed by atoms with Crippen LogP contribution in [0.15, 0.2) is 24.3 Å². The van der Waals surface area contributed by atoms with Gasteiger partial charge in [0.25, 0.3) is 0 Å². The monoisotopic (exact) mass is 260 g/mol. The van der Waals surface area contributed by atoms with Crippen LogP contribution < -0.4 is 15.0 Å². The van der Waals surface area contributed by atoms with Gasteiger partial charge in [-0.1, -0.05) is 6.07 Å². The quantitative estimate of drug-likeness (QED) is 0.901. The van der Waals surface area contributed by atoms with Crippen LogP contribution >= 0.6 is 0 Å². The summed E-state index contributed by atoms with van der Waals surface area (Å²) in [6.07, 6.45) is 2.80. The third kappa shape index (κ3) is 2.86. The minimum Gasteiger partial charge on any atom is -0.494 e. The molecule has 0 spiro atoms. The summed E-state index contributed by atoms with van der Waals surface area (Å²) in [4.78, 5) is 2.53. The molecule has 0 amide bonds. The standard InChI is InChI=1S/C16H24N2O/c1-3-19-15-6-4-5-14(9-15)18-11-16(13-7-8-13)17-10-12(18)2/h4-6,9,12-13,16-17H,3,7-8,10-11H2,1-2H3. The number of nitrogens with one attached hydrogen (secondary N) is 1. The second-order valence-corrected chi connectivity index (χ2v) is 5.78. The van der Waals surface area contributed by atoms with E-state index in [1.807, 2.05) is 13.0 Å². The third-order valence-corrected chi connectivity index (χ3v) is 4.25. The molecule has 1 aliphatic carbocycles. The summed E-state index contributed by atoms with van der Waals surface area (Å²) in [5, 5.41) is 3.70. The third-order valence-electron chi connectivity index (χ3n) is 4.25. The van der Waals surface area contributed by atoms with E-state index in [4.69, 9.17) is 4.74 Å². The Morgan fingerprint density at radius 1 is 1.37 bits per heavy atom. The first-order valence-corrected chi connectivity index (χ1v) is 7.51. The average Bonchev–Trinajstić information content (AvgIpc) is 3.24. The predicted molar refractivity (Wildman–Crippen MR) is 78.9 cm³/mol. The molecular formula is C16H24N2O. The van der Waals surface area contributed by atoms with Gasteiger partial charge in [0.05, 0.1) is 6.61 Å². The van der Waals surface area contributed by atoms with Gasteiger partial charge in [-0.15, -0.1) is 0 Å². The van der Waals surface area contributed by atoms with Gasteiger partial charge >= 0.3 is 0 Å². The summed E-state index contributed by atoms with van der Waals surface area (Å²) in [5.74, 6) is 1.89. The number of hydrogen-bond acceptors (Lipinski definition) is 3. The summed E-state index contributed by atoms with van der Waals surface area (Å²) in [7, 11) is 0. The van der Waals surface area contributed by atoms with E-state index >= 15 is 0 Å². The molecule has 2 unspecified atom stereocenters. The molecule has 3 heteroatoms. The number of ether oxygens (including phenoxy) is 1. The van der Waals surface area contributed by atoms with Gasteiger partial charge in [-0.05, 0) is 44.7 Å². The molecule has 19 heavy (non-hydrogen) atoms. The van der Waals surface area contributed by atoms with Crippen LogP contribution in [0, 0.1) is 5.92 Å². The van der Waals surface area contributed by atoms with Crippen molar-refractivity contribution in [3.8, 4) is 5.75 Å². The highest BCUT2D eigenvalue weighted by Gasteiger charge is 2.36. The predicted octanol–water partition coefficient (Wildman–Crippen LogP) is 2.66. The molecule has 104 valence electrons. The second kappa shape index (κ2) is 5.41. The van der Waals surface area contributed by atoms with Gasteiger partial charge in [0.1, 0.15) is 5.75 Å². The normalized spacial score (nSPS) is 27.4. The van der Waals surface area contributed by atoms with Crippen molar-refractivity contribution in [3.63, 3.8) is 0 Å². The van der Waals surface area contributed by atoms with Gasteiger partial charge < -0.3 is 15.0 Å². The molecule has 3 nitrogen and oxygen atoms in total. The lowest BCUT2D eigenvalue weighted by molar-refractivity contribution is 0.339. The second-order valence-electron chi connectivity index (χ2n) is 5.78. The highest BCUT2D eigenvalue weighted by atomic mass is 16.5. The maximum absolute atomic E-state index is 5.62. The molecule has 0 bridgehead atoms. The largest absolute Gasteiger partial charge is 0.494 e. The molecule has 3 rings (SSSR count). The van der Waals surface area contributed by atoms with E-state index in [1.54, 1.807) is 0 Å². The molecule has 2 atom stereocenters. The zero-order chi connectivity index (χ0) is 13.2. The van der Waals surface area contributed by atoms with Crippen molar-refractivity contribution in [3.05, 3.63) is 24.3 Å². The first kappa shape index (κ1) is 12.8. The molecule has 0 radical (unpaired) electrons. The van der Waals surface area contributed by atoms with Crippen LogP contribution in [0.1, 0.15) is 26.7 Å². The van der Waals surface area contributed by atoms with E-state index in [2.05, 4.69) is 35.3 Å². The molecular weight excluding hydrogens is 236 g/mol. The van der Waals surface area contributed by atoms with E-state index in [-0.39, 0.29) is 0 Å². The Hall–Kier alpha value is -1.22. The molecule has 1 aromatic carbocycles. The number of benzene rings is 1. The Balaban J connectivity index is 1.76. The lowest BCUT2D eigenvalue weighted by Crippen LogP contribution is -2.56. The van der Waals surface area contributed by atoms with Crippen molar-refractivity contribution in [2.24, 2.45) is 5.92 Å². The fraction of sp³-hybridized carbons (Fsp3) is 0.625. The van der Waals surface area contributed by atoms with Crippen LogP contribution in [0.5, 0.6) is 5.75 Å². The lowest BCUT2D eigenvalue weighted by Gasteiger charge is -2.40. The SMILES string of the molecule is CCOc1cccc(N2CC(C3CC3)NCC2C)c1. The number of anilines is 1. The Labute approximate surface area is 115 Å². The molecule has 0 aromatic heterocycles. The Kier molecular flexibility index (Phi) is 3.65. The van der Waals surface area contributed by atoms with Gasteiger partial charge in [0.15, 0.2) is 0 Å². The van der Waals surface area contributed by atoms with Gasteiger partial charge in [-0.2, -0.15) is 0 Å². The Bertz CT molecular complexity index is 431. The maximum atomic E-state index is 5.62. The fourth-order valence-electron chi connectivity index (χ4n) is 2.98. The zero-order valence-corrected chi connectivity index (χ0v) is 11.9. The Morgan fingerprint density at radius 2 is 2.21 bits per heavy atom. The smallest absolute Gasteiger partial charge is 0.121 e. The molecule has 2 aliphatic rings. The Morgan fingerprint density at radius 3 is 2.95 bits per heavy atom. The zero-order valence-electron chi connectivity index (χ0n) is 11.9. The molecule has 1 aromatic rings. The van der Waals surface area contributed by atoms with Crippen LogP contribution in [0.2, 0.25) is 0 Å². The van der Waals surface area contributed by atoms with Crippen LogP contribution in [0.3, 0.4) is 0 Å². The van der Waals surface area contributed by atoms with E-state index in [0.717, 1.165) is 31.4 Å². The van der Waals surface area contributed by atoms with Gasteiger partial charge in [-0.3, -0.25) is 0 Å². The van der Waals surface area contributed by atoms with Crippen LogP contribution in [0.4, 0.5) is 5.69 Å². The molecule has 1 heterocycles. The van der Waals surface area contributed by atoms with Crippen molar-refractivity contribution >= 4 is 5.69 Å². The van der Waals surface area contributed by atoms with E-state index < -0.39 is 0 Å². The summed E-state index contributed by atoms with van der Waals surface area (Å²) >= 11 is 0. The highest BCUT2D eigenvalue weighted by Crippen LogP contribution is 2.35. The van der Waals surface area contributed by atoms with E-state index in [0.29, 0.717) is 12.1 Å². The lowest BCUT2D eigenvalue weighted by atomic mass is 10.1. The molecule has 1 saturated carbocycles. The first-order chi connectivity index (χ1) is 9.28. The first-order valence-electron chi connectivity index (χ1n) is 7.51. The van der Waals surface area contributed by atoms with E-state index in [1.165, 1.54) is 18.5 Å². The van der Waals surface area contributed by atoms with Crippen molar-refractivity contribution in [1.82, 2.24) is 5.32 Å².